The molecule has 0 bridgehead atoms. The van der Waals surface area contributed by atoms with E-state index in [0.29, 0.717) is 17.2 Å². The number of rotatable bonds is 4. The van der Waals surface area contributed by atoms with E-state index in [9.17, 15) is 5.11 Å². The molecule has 2 heteroatoms. The van der Waals surface area contributed by atoms with Crippen molar-refractivity contribution in [3.8, 4) is 5.75 Å². The molecule has 17 heavy (non-hydrogen) atoms. The summed E-state index contributed by atoms with van der Waals surface area (Å²) in [5.74, 6) is 0.337. The summed E-state index contributed by atoms with van der Waals surface area (Å²) >= 11 is 0. The van der Waals surface area contributed by atoms with Crippen LogP contribution in [0.1, 0.15) is 51.1 Å². The number of hydrogen-bond donors (Lipinski definition) is 2. The van der Waals surface area contributed by atoms with Gasteiger partial charge in [0.1, 0.15) is 5.75 Å². The second-order valence-electron chi connectivity index (χ2n) is 5.71. The van der Waals surface area contributed by atoms with E-state index in [4.69, 9.17) is 0 Å². The lowest BCUT2D eigenvalue weighted by Gasteiger charge is -2.26. The van der Waals surface area contributed by atoms with Crippen LogP contribution < -0.4 is 5.32 Å². The smallest absolute Gasteiger partial charge is 0.115 e. The first kappa shape index (κ1) is 12.4. The van der Waals surface area contributed by atoms with Crippen LogP contribution in [0.4, 0.5) is 0 Å². The Kier molecular flexibility index (Phi) is 3.72. The van der Waals surface area contributed by atoms with Crippen LogP contribution >= 0.6 is 0 Å². The normalized spacial score (nSPS) is 20.4. The van der Waals surface area contributed by atoms with Gasteiger partial charge in [-0.05, 0) is 42.9 Å². The van der Waals surface area contributed by atoms with Crippen LogP contribution in [0.15, 0.2) is 24.3 Å². The van der Waals surface area contributed by atoms with Gasteiger partial charge in [-0.1, -0.05) is 31.9 Å². The van der Waals surface area contributed by atoms with E-state index in [1.54, 1.807) is 12.1 Å². The van der Waals surface area contributed by atoms with E-state index < -0.39 is 0 Å². The van der Waals surface area contributed by atoms with Gasteiger partial charge >= 0.3 is 0 Å². The van der Waals surface area contributed by atoms with Crippen LogP contribution in [0.3, 0.4) is 0 Å². The third-order valence-electron chi connectivity index (χ3n) is 4.04. The Balaban J connectivity index is 1.88. The highest BCUT2D eigenvalue weighted by molar-refractivity contribution is 5.27. The third-order valence-corrected chi connectivity index (χ3v) is 4.04. The van der Waals surface area contributed by atoms with Crippen LogP contribution in [-0.2, 0) is 0 Å². The minimum atomic E-state index is 0.337. The SMILES string of the molecule is CC(NCC1(C)CCCC1)c1ccc(O)cc1. The Hall–Kier alpha value is -1.02. The van der Waals surface area contributed by atoms with Gasteiger partial charge in [-0.15, -0.1) is 0 Å². The summed E-state index contributed by atoms with van der Waals surface area (Å²) in [7, 11) is 0. The van der Waals surface area contributed by atoms with Gasteiger partial charge in [0.25, 0.3) is 0 Å². The molecule has 1 saturated carbocycles. The highest BCUT2D eigenvalue weighted by Crippen LogP contribution is 2.37. The molecule has 1 unspecified atom stereocenters. The molecule has 1 aromatic rings. The Bertz CT molecular complexity index is 352. The first-order valence-electron chi connectivity index (χ1n) is 6.61. The van der Waals surface area contributed by atoms with Gasteiger partial charge in [0.05, 0.1) is 0 Å². The highest BCUT2D eigenvalue weighted by atomic mass is 16.3. The fourth-order valence-corrected chi connectivity index (χ4v) is 2.69. The lowest BCUT2D eigenvalue weighted by atomic mass is 9.88. The number of phenolic OH excluding ortho intramolecular Hbond substituents is 1. The summed E-state index contributed by atoms with van der Waals surface area (Å²) in [5, 5.41) is 12.9. The summed E-state index contributed by atoms with van der Waals surface area (Å²) in [4.78, 5) is 0. The van der Waals surface area contributed by atoms with E-state index in [1.807, 2.05) is 12.1 Å². The maximum Gasteiger partial charge on any atom is 0.115 e. The minimum Gasteiger partial charge on any atom is -0.508 e. The van der Waals surface area contributed by atoms with E-state index in [0.717, 1.165) is 6.54 Å². The fraction of sp³-hybridized carbons (Fsp3) is 0.600. The number of phenols is 1. The number of benzene rings is 1. The summed E-state index contributed by atoms with van der Waals surface area (Å²) in [5.41, 5.74) is 1.73. The van der Waals surface area contributed by atoms with Gasteiger partial charge in [-0.3, -0.25) is 0 Å². The van der Waals surface area contributed by atoms with Crippen LogP contribution in [-0.4, -0.2) is 11.7 Å². The maximum absolute atomic E-state index is 9.26. The van der Waals surface area contributed by atoms with Crippen molar-refractivity contribution in [2.75, 3.05) is 6.54 Å². The minimum absolute atomic E-state index is 0.337. The lowest BCUT2D eigenvalue weighted by molar-refractivity contribution is 0.302. The van der Waals surface area contributed by atoms with Crippen molar-refractivity contribution in [1.82, 2.24) is 5.32 Å². The summed E-state index contributed by atoms with van der Waals surface area (Å²) in [6.45, 7) is 5.66. The van der Waals surface area contributed by atoms with Gasteiger partial charge in [0.15, 0.2) is 0 Å². The Labute approximate surface area is 104 Å². The first-order chi connectivity index (χ1) is 8.09. The second-order valence-corrected chi connectivity index (χ2v) is 5.71. The molecular weight excluding hydrogens is 210 g/mol. The molecule has 0 amide bonds. The average molecular weight is 233 g/mol. The monoisotopic (exact) mass is 233 g/mol. The maximum atomic E-state index is 9.26. The molecule has 2 rings (SSSR count). The molecule has 0 heterocycles. The van der Waals surface area contributed by atoms with E-state index in [1.165, 1.54) is 31.2 Å². The van der Waals surface area contributed by atoms with Crippen molar-refractivity contribution in [1.29, 1.82) is 0 Å². The van der Waals surface area contributed by atoms with Crippen molar-refractivity contribution in [2.45, 2.75) is 45.6 Å². The predicted octanol–water partition coefficient (Wildman–Crippen LogP) is 3.62. The van der Waals surface area contributed by atoms with Crippen molar-refractivity contribution >= 4 is 0 Å². The van der Waals surface area contributed by atoms with E-state index in [-0.39, 0.29) is 0 Å². The quantitative estimate of drug-likeness (QED) is 0.832. The van der Waals surface area contributed by atoms with E-state index in [2.05, 4.69) is 19.2 Å². The standard InChI is InChI=1S/C15H23NO/c1-12(13-5-7-14(17)8-6-13)16-11-15(2)9-3-4-10-15/h5-8,12,16-17H,3-4,9-11H2,1-2H3. The molecule has 2 nitrogen and oxygen atoms in total. The van der Waals surface area contributed by atoms with Gasteiger partial charge in [0.2, 0.25) is 0 Å². The topological polar surface area (TPSA) is 32.3 Å². The molecule has 1 aliphatic rings. The molecule has 0 radical (unpaired) electrons. The number of aromatic hydroxyl groups is 1. The zero-order chi connectivity index (χ0) is 12.3. The molecule has 0 aliphatic heterocycles. The predicted molar refractivity (Wildman–Crippen MR) is 71.1 cm³/mol. The molecule has 0 aromatic heterocycles. The second kappa shape index (κ2) is 5.09. The summed E-state index contributed by atoms with van der Waals surface area (Å²) in [6.07, 6.45) is 5.46. The van der Waals surface area contributed by atoms with Crippen molar-refractivity contribution in [3.63, 3.8) is 0 Å². The molecule has 1 fully saturated rings. The first-order valence-corrected chi connectivity index (χ1v) is 6.61. The highest BCUT2D eigenvalue weighted by Gasteiger charge is 2.28. The van der Waals surface area contributed by atoms with Crippen molar-refractivity contribution in [2.24, 2.45) is 5.41 Å². The van der Waals surface area contributed by atoms with Crippen molar-refractivity contribution < 1.29 is 5.11 Å². The zero-order valence-electron chi connectivity index (χ0n) is 10.9. The lowest BCUT2D eigenvalue weighted by Crippen LogP contribution is -2.31. The van der Waals surface area contributed by atoms with Crippen LogP contribution in [0, 0.1) is 5.41 Å². The fourth-order valence-electron chi connectivity index (χ4n) is 2.69. The van der Waals surface area contributed by atoms with Crippen LogP contribution in [0.2, 0.25) is 0 Å². The zero-order valence-corrected chi connectivity index (χ0v) is 10.9. The summed E-state index contributed by atoms with van der Waals surface area (Å²) in [6, 6.07) is 7.84. The largest absolute Gasteiger partial charge is 0.508 e. The van der Waals surface area contributed by atoms with Gasteiger partial charge in [-0.25, -0.2) is 0 Å². The van der Waals surface area contributed by atoms with Gasteiger partial charge in [0, 0.05) is 12.6 Å². The van der Waals surface area contributed by atoms with Gasteiger partial charge in [-0.2, -0.15) is 0 Å². The number of hydrogen-bond acceptors (Lipinski definition) is 2. The van der Waals surface area contributed by atoms with Crippen LogP contribution in [0.25, 0.3) is 0 Å². The van der Waals surface area contributed by atoms with Crippen LogP contribution in [0.5, 0.6) is 5.75 Å². The number of nitrogens with one attached hydrogen (secondary N) is 1. The third kappa shape index (κ3) is 3.22. The Morgan fingerprint density at radius 1 is 1.24 bits per heavy atom. The Morgan fingerprint density at radius 2 is 1.82 bits per heavy atom. The average Bonchev–Trinajstić information content (AvgIpc) is 2.75. The molecule has 2 N–H and O–H groups in total. The van der Waals surface area contributed by atoms with Gasteiger partial charge < -0.3 is 10.4 Å². The molecule has 1 aliphatic carbocycles. The molecule has 1 aromatic carbocycles. The summed E-state index contributed by atoms with van der Waals surface area (Å²) < 4.78 is 0. The molecule has 1 atom stereocenters. The molecule has 0 saturated heterocycles. The molecule has 0 spiro atoms. The Morgan fingerprint density at radius 3 is 2.41 bits per heavy atom. The van der Waals surface area contributed by atoms with Crippen molar-refractivity contribution in [3.05, 3.63) is 29.8 Å². The van der Waals surface area contributed by atoms with E-state index >= 15 is 0 Å². The molecule has 94 valence electrons. The molecular formula is C15H23NO.